The van der Waals surface area contributed by atoms with Gasteiger partial charge in [-0.3, -0.25) is 4.79 Å². The summed E-state index contributed by atoms with van der Waals surface area (Å²) in [4.78, 5) is 11.6. The average molecular weight is 233 g/mol. The van der Waals surface area contributed by atoms with Gasteiger partial charge in [-0.2, -0.15) is 0 Å². The minimum absolute atomic E-state index is 0.0926. The van der Waals surface area contributed by atoms with Crippen molar-refractivity contribution in [1.29, 1.82) is 0 Å². The SMILES string of the molecule is C=CCNC(=O)c1ccc(OCCCC)cc1. The van der Waals surface area contributed by atoms with E-state index < -0.39 is 0 Å². The highest BCUT2D eigenvalue weighted by Crippen LogP contribution is 2.12. The first kappa shape index (κ1) is 13.3. The number of benzene rings is 1. The highest BCUT2D eigenvalue weighted by Gasteiger charge is 2.03. The van der Waals surface area contributed by atoms with Crippen molar-refractivity contribution in [3.05, 3.63) is 42.5 Å². The first-order valence-corrected chi connectivity index (χ1v) is 5.90. The number of ether oxygens (including phenoxy) is 1. The normalized spacial score (nSPS) is 9.71. The minimum Gasteiger partial charge on any atom is -0.494 e. The fraction of sp³-hybridized carbons (Fsp3) is 0.357. The lowest BCUT2D eigenvalue weighted by Gasteiger charge is -2.06. The van der Waals surface area contributed by atoms with Crippen LogP contribution in [-0.2, 0) is 0 Å². The van der Waals surface area contributed by atoms with E-state index in [1.54, 1.807) is 18.2 Å². The number of carbonyl (C=O) groups excluding carboxylic acids is 1. The Morgan fingerprint density at radius 2 is 2.12 bits per heavy atom. The Hall–Kier alpha value is -1.77. The lowest BCUT2D eigenvalue weighted by Crippen LogP contribution is -2.22. The van der Waals surface area contributed by atoms with Crippen LogP contribution in [0.5, 0.6) is 5.75 Å². The molecule has 0 unspecified atom stereocenters. The molecular weight excluding hydrogens is 214 g/mol. The van der Waals surface area contributed by atoms with Gasteiger partial charge in [0.1, 0.15) is 5.75 Å². The van der Waals surface area contributed by atoms with E-state index in [0.29, 0.717) is 12.1 Å². The summed E-state index contributed by atoms with van der Waals surface area (Å²) in [6, 6.07) is 7.16. The third-order valence-corrected chi connectivity index (χ3v) is 2.29. The van der Waals surface area contributed by atoms with Crippen molar-refractivity contribution < 1.29 is 9.53 Å². The van der Waals surface area contributed by atoms with E-state index in [4.69, 9.17) is 4.74 Å². The van der Waals surface area contributed by atoms with Gasteiger partial charge >= 0.3 is 0 Å². The van der Waals surface area contributed by atoms with Gasteiger partial charge in [0, 0.05) is 12.1 Å². The molecule has 0 radical (unpaired) electrons. The molecule has 1 rings (SSSR count). The van der Waals surface area contributed by atoms with Gasteiger partial charge in [0.05, 0.1) is 6.61 Å². The summed E-state index contributed by atoms with van der Waals surface area (Å²) in [6.45, 7) is 6.87. The van der Waals surface area contributed by atoms with E-state index in [0.717, 1.165) is 25.2 Å². The number of rotatable bonds is 7. The molecule has 1 amide bonds. The zero-order valence-corrected chi connectivity index (χ0v) is 10.2. The van der Waals surface area contributed by atoms with Gasteiger partial charge < -0.3 is 10.1 Å². The van der Waals surface area contributed by atoms with E-state index in [1.807, 2.05) is 12.1 Å². The third-order valence-electron chi connectivity index (χ3n) is 2.29. The van der Waals surface area contributed by atoms with Gasteiger partial charge in [-0.1, -0.05) is 19.4 Å². The number of hydrogen-bond donors (Lipinski definition) is 1. The number of nitrogens with one attached hydrogen (secondary N) is 1. The number of carbonyl (C=O) groups is 1. The van der Waals surface area contributed by atoms with Gasteiger partial charge in [-0.15, -0.1) is 6.58 Å². The van der Waals surface area contributed by atoms with Crippen LogP contribution in [0.4, 0.5) is 0 Å². The summed E-state index contributed by atoms with van der Waals surface area (Å²) >= 11 is 0. The third kappa shape index (κ3) is 4.72. The molecule has 0 aliphatic heterocycles. The van der Waals surface area contributed by atoms with Crippen LogP contribution in [0.25, 0.3) is 0 Å². The van der Waals surface area contributed by atoms with Crippen LogP contribution in [-0.4, -0.2) is 19.1 Å². The van der Waals surface area contributed by atoms with Crippen LogP contribution >= 0.6 is 0 Å². The van der Waals surface area contributed by atoms with E-state index in [2.05, 4.69) is 18.8 Å². The largest absolute Gasteiger partial charge is 0.494 e. The number of hydrogen-bond acceptors (Lipinski definition) is 2. The standard InChI is InChI=1S/C14H19NO2/c1-3-5-11-17-13-8-6-12(7-9-13)14(16)15-10-4-2/h4,6-9H,2-3,5,10-11H2,1H3,(H,15,16). The van der Waals surface area contributed by atoms with Crippen molar-refractivity contribution in [2.75, 3.05) is 13.2 Å². The Morgan fingerprint density at radius 1 is 1.41 bits per heavy atom. The summed E-state index contributed by atoms with van der Waals surface area (Å²) < 4.78 is 5.51. The monoisotopic (exact) mass is 233 g/mol. The van der Waals surface area contributed by atoms with E-state index in [1.165, 1.54) is 0 Å². The van der Waals surface area contributed by atoms with Gasteiger partial charge in [-0.05, 0) is 30.7 Å². The summed E-state index contributed by atoms with van der Waals surface area (Å²) in [7, 11) is 0. The van der Waals surface area contributed by atoms with E-state index >= 15 is 0 Å². The molecule has 0 atom stereocenters. The molecule has 1 aromatic rings. The molecule has 0 saturated heterocycles. The van der Waals surface area contributed by atoms with Crippen LogP contribution in [0.1, 0.15) is 30.1 Å². The molecule has 0 aromatic heterocycles. The molecule has 0 heterocycles. The maximum atomic E-state index is 11.6. The lowest BCUT2D eigenvalue weighted by molar-refractivity contribution is 0.0958. The second-order valence-electron chi connectivity index (χ2n) is 3.73. The zero-order chi connectivity index (χ0) is 12.5. The van der Waals surface area contributed by atoms with Crippen molar-refractivity contribution in [2.45, 2.75) is 19.8 Å². The molecule has 0 aliphatic rings. The molecular formula is C14H19NO2. The molecule has 1 N–H and O–H groups in total. The molecule has 0 fully saturated rings. The Kier molecular flexibility index (Phi) is 5.86. The summed E-state index contributed by atoms with van der Waals surface area (Å²) in [5.74, 6) is 0.712. The van der Waals surface area contributed by atoms with Crippen molar-refractivity contribution in [1.82, 2.24) is 5.32 Å². The first-order chi connectivity index (χ1) is 8.27. The minimum atomic E-state index is -0.0926. The smallest absolute Gasteiger partial charge is 0.251 e. The second kappa shape index (κ2) is 7.49. The Bertz CT molecular complexity index is 357. The molecule has 17 heavy (non-hydrogen) atoms. The molecule has 0 aliphatic carbocycles. The number of amides is 1. The number of unbranched alkanes of at least 4 members (excludes halogenated alkanes) is 1. The maximum absolute atomic E-state index is 11.6. The van der Waals surface area contributed by atoms with Crippen molar-refractivity contribution >= 4 is 5.91 Å². The van der Waals surface area contributed by atoms with Gasteiger partial charge in [0.2, 0.25) is 0 Å². The van der Waals surface area contributed by atoms with Gasteiger partial charge in [-0.25, -0.2) is 0 Å². The molecule has 0 bridgehead atoms. The van der Waals surface area contributed by atoms with E-state index in [-0.39, 0.29) is 5.91 Å². The van der Waals surface area contributed by atoms with Gasteiger partial charge in [0.25, 0.3) is 5.91 Å². The maximum Gasteiger partial charge on any atom is 0.251 e. The predicted octanol–water partition coefficient (Wildman–Crippen LogP) is 2.78. The van der Waals surface area contributed by atoms with Crippen molar-refractivity contribution in [3.8, 4) is 5.75 Å². The Labute approximate surface area is 102 Å². The summed E-state index contributed by atoms with van der Waals surface area (Å²) in [5.41, 5.74) is 0.634. The average Bonchev–Trinajstić information content (AvgIpc) is 2.37. The van der Waals surface area contributed by atoms with Crippen LogP contribution < -0.4 is 10.1 Å². The molecule has 92 valence electrons. The first-order valence-electron chi connectivity index (χ1n) is 5.90. The fourth-order valence-electron chi connectivity index (χ4n) is 1.30. The molecule has 1 aromatic carbocycles. The van der Waals surface area contributed by atoms with Crippen LogP contribution in [0.2, 0.25) is 0 Å². The van der Waals surface area contributed by atoms with Crippen LogP contribution in [0, 0.1) is 0 Å². The van der Waals surface area contributed by atoms with Crippen molar-refractivity contribution in [2.24, 2.45) is 0 Å². The highest BCUT2D eigenvalue weighted by molar-refractivity contribution is 5.94. The predicted molar refractivity (Wildman–Crippen MR) is 69.4 cm³/mol. The Balaban J connectivity index is 2.49. The topological polar surface area (TPSA) is 38.3 Å². The van der Waals surface area contributed by atoms with Crippen LogP contribution in [0.3, 0.4) is 0 Å². The van der Waals surface area contributed by atoms with E-state index in [9.17, 15) is 4.79 Å². The summed E-state index contributed by atoms with van der Waals surface area (Å²) in [6.07, 6.45) is 3.81. The quantitative estimate of drug-likeness (QED) is 0.581. The molecule has 0 saturated carbocycles. The van der Waals surface area contributed by atoms with Crippen LogP contribution in [0.15, 0.2) is 36.9 Å². The summed E-state index contributed by atoms with van der Waals surface area (Å²) in [5, 5.41) is 2.72. The lowest BCUT2D eigenvalue weighted by atomic mass is 10.2. The van der Waals surface area contributed by atoms with Crippen molar-refractivity contribution in [3.63, 3.8) is 0 Å². The Morgan fingerprint density at radius 3 is 2.71 bits per heavy atom. The molecule has 3 nitrogen and oxygen atoms in total. The van der Waals surface area contributed by atoms with Gasteiger partial charge in [0.15, 0.2) is 0 Å². The zero-order valence-electron chi connectivity index (χ0n) is 10.2. The highest BCUT2D eigenvalue weighted by atomic mass is 16.5. The molecule has 0 spiro atoms. The second-order valence-corrected chi connectivity index (χ2v) is 3.73. The fourth-order valence-corrected chi connectivity index (χ4v) is 1.30. The molecule has 3 heteroatoms.